The summed E-state index contributed by atoms with van der Waals surface area (Å²) in [5, 5.41) is 1.44. The van der Waals surface area contributed by atoms with Gasteiger partial charge in [0.1, 0.15) is 7.14 Å². The minimum Gasteiger partial charge on any atom is -0.469 e. The highest BCUT2D eigenvalue weighted by Gasteiger charge is 2.34. The van der Waals surface area contributed by atoms with Crippen LogP contribution in [0.5, 0.6) is 0 Å². The molecule has 0 aliphatic rings. The number of methoxy groups -OCH3 is 1. The van der Waals surface area contributed by atoms with Gasteiger partial charge in [0.2, 0.25) is 0 Å². The highest BCUT2D eigenvalue weighted by molar-refractivity contribution is 7.78. The van der Waals surface area contributed by atoms with Crippen LogP contribution in [0.1, 0.15) is 6.92 Å². The third-order valence-corrected chi connectivity index (χ3v) is 9.67. The molecule has 0 fully saturated rings. The lowest BCUT2D eigenvalue weighted by Gasteiger charge is -2.26. The van der Waals surface area contributed by atoms with Crippen LogP contribution in [0.3, 0.4) is 0 Å². The molecule has 4 aromatic carbocycles. The van der Waals surface area contributed by atoms with Crippen LogP contribution in [-0.4, -0.2) is 25.3 Å². The molecule has 2 unspecified atom stereocenters. The number of hydrogen-bond acceptors (Lipinski definition) is 4. The third kappa shape index (κ3) is 5.96. The molecule has 0 aromatic heterocycles. The number of halogens is 1. The van der Waals surface area contributed by atoms with Crippen LogP contribution in [-0.2, 0) is 14.1 Å². The van der Waals surface area contributed by atoms with E-state index in [1.807, 2.05) is 109 Å². The number of hydrogen-bond donors (Lipinski definition) is 1. The van der Waals surface area contributed by atoms with E-state index >= 15 is 0 Å². The van der Waals surface area contributed by atoms with Gasteiger partial charge in [0.05, 0.1) is 13.0 Å². The number of carbonyl (C=O) groups is 1. The van der Waals surface area contributed by atoms with Crippen molar-refractivity contribution in [3.63, 3.8) is 0 Å². The minimum atomic E-state index is -3.14. The van der Waals surface area contributed by atoms with Crippen LogP contribution in [0.15, 0.2) is 109 Å². The van der Waals surface area contributed by atoms with Gasteiger partial charge in [-0.2, -0.15) is 0 Å². The smallest absolute Gasteiger partial charge is 0.309 e. The zero-order chi connectivity index (χ0) is 24.8. The normalized spacial score (nSPS) is 12.8. The standard InChI is InChI=1S/C30H30NO3P.ClH/c1-22(30(32)34-2)29(31)21-35(33,27-17-13-25(14-18-27)23-9-5-3-6-10-23)28-19-15-26(16-20-28)24-11-7-4-8-12-24;/h3-20,22,29H,21,31H2,1-2H3;1H. The molecular formula is C30H31ClNO3P. The quantitative estimate of drug-likeness (QED) is 0.233. The lowest BCUT2D eigenvalue weighted by Crippen LogP contribution is -2.39. The average molecular weight is 520 g/mol. The van der Waals surface area contributed by atoms with Crippen molar-refractivity contribution >= 4 is 36.1 Å². The number of ether oxygens (including phenoxy) is 1. The van der Waals surface area contributed by atoms with E-state index in [1.54, 1.807) is 6.92 Å². The zero-order valence-corrected chi connectivity index (χ0v) is 22.1. The zero-order valence-electron chi connectivity index (χ0n) is 20.4. The van der Waals surface area contributed by atoms with E-state index in [9.17, 15) is 9.36 Å². The maximum absolute atomic E-state index is 14.7. The van der Waals surface area contributed by atoms with Crippen LogP contribution in [0.4, 0.5) is 0 Å². The van der Waals surface area contributed by atoms with Gasteiger partial charge in [0.15, 0.2) is 0 Å². The predicted octanol–water partition coefficient (Wildman–Crippen LogP) is 5.89. The number of esters is 1. The van der Waals surface area contributed by atoms with Crippen molar-refractivity contribution in [1.82, 2.24) is 0 Å². The average Bonchev–Trinajstić information content (AvgIpc) is 2.93. The van der Waals surface area contributed by atoms with Gasteiger partial charge >= 0.3 is 5.97 Å². The Bertz CT molecular complexity index is 1220. The van der Waals surface area contributed by atoms with Gasteiger partial charge in [-0.05, 0) is 22.3 Å². The van der Waals surface area contributed by atoms with E-state index in [4.69, 9.17) is 10.5 Å². The number of benzene rings is 4. The van der Waals surface area contributed by atoms with Crippen LogP contribution >= 0.6 is 19.5 Å². The monoisotopic (exact) mass is 519 g/mol. The van der Waals surface area contributed by atoms with Crippen molar-refractivity contribution in [1.29, 1.82) is 0 Å². The van der Waals surface area contributed by atoms with Crippen molar-refractivity contribution in [2.75, 3.05) is 13.3 Å². The van der Waals surface area contributed by atoms with Gasteiger partial charge in [0, 0.05) is 22.8 Å². The molecule has 0 heterocycles. The number of carbonyl (C=O) groups excluding carboxylic acids is 1. The number of nitrogens with two attached hydrogens (primary N) is 1. The highest BCUT2D eigenvalue weighted by atomic mass is 35.5. The lowest BCUT2D eigenvalue weighted by molar-refractivity contribution is -0.145. The van der Waals surface area contributed by atoms with E-state index in [0.29, 0.717) is 0 Å². The molecule has 0 saturated carbocycles. The highest BCUT2D eigenvalue weighted by Crippen LogP contribution is 2.45. The molecule has 0 aliphatic carbocycles. The first-order valence-electron chi connectivity index (χ1n) is 11.7. The summed E-state index contributed by atoms with van der Waals surface area (Å²) >= 11 is 0. The summed E-state index contributed by atoms with van der Waals surface area (Å²) in [6, 6.07) is 35.2. The van der Waals surface area contributed by atoms with E-state index in [0.717, 1.165) is 32.9 Å². The summed E-state index contributed by atoms with van der Waals surface area (Å²) in [6.07, 6.45) is 0.165. The van der Waals surface area contributed by atoms with Crippen molar-refractivity contribution in [2.45, 2.75) is 13.0 Å². The van der Waals surface area contributed by atoms with Gasteiger partial charge < -0.3 is 15.0 Å². The van der Waals surface area contributed by atoms with Crippen LogP contribution in [0.25, 0.3) is 22.3 Å². The molecule has 0 bridgehead atoms. The summed E-state index contributed by atoms with van der Waals surface area (Å²) < 4.78 is 19.6. The van der Waals surface area contributed by atoms with Crippen molar-refractivity contribution in [3.05, 3.63) is 109 Å². The molecule has 0 radical (unpaired) electrons. The van der Waals surface area contributed by atoms with Crippen LogP contribution < -0.4 is 16.3 Å². The molecule has 0 aliphatic heterocycles. The molecule has 36 heavy (non-hydrogen) atoms. The first-order valence-corrected chi connectivity index (χ1v) is 13.6. The Hall–Kier alpha value is -3.17. The fourth-order valence-electron chi connectivity index (χ4n) is 4.23. The van der Waals surface area contributed by atoms with E-state index in [1.165, 1.54) is 7.11 Å². The van der Waals surface area contributed by atoms with Crippen LogP contribution in [0.2, 0.25) is 0 Å². The molecule has 186 valence electrons. The molecular weight excluding hydrogens is 489 g/mol. The second kappa shape index (κ2) is 12.2. The lowest BCUT2D eigenvalue weighted by atomic mass is 10.1. The van der Waals surface area contributed by atoms with E-state index < -0.39 is 25.1 Å². The second-order valence-electron chi connectivity index (χ2n) is 8.72. The summed E-state index contributed by atoms with van der Waals surface area (Å²) in [4.78, 5) is 12.1. The van der Waals surface area contributed by atoms with Crippen molar-refractivity contribution < 1.29 is 14.1 Å². The van der Waals surface area contributed by atoms with Crippen LogP contribution in [0, 0.1) is 5.92 Å². The Morgan fingerprint density at radius 2 is 1.08 bits per heavy atom. The Kier molecular flexibility index (Phi) is 9.28. The molecule has 4 nitrogen and oxygen atoms in total. The first-order chi connectivity index (χ1) is 16.9. The Morgan fingerprint density at radius 1 is 0.722 bits per heavy atom. The van der Waals surface area contributed by atoms with Gasteiger partial charge in [-0.3, -0.25) is 4.79 Å². The first kappa shape index (κ1) is 27.4. The minimum absolute atomic E-state index is 0. The molecule has 4 rings (SSSR count). The summed E-state index contributed by atoms with van der Waals surface area (Å²) in [5.41, 5.74) is 10.7. The van der Waals surface area contributed by atoms with E-state index in [-0.39, 0.29) is 18.6 Å². The van der Waals surface area contributed by atoms with Gasteiger partial charge in [0.25, 0.3) is 0 Å². The Balaban J connectivity index is 0.00000361. The number of rotatable bonds is 8. The second-order valence-corrected chi connectivity index (χ2v) is 11.6. The molecule has 0 saturated heterocycles. The summed E-state index contributed by atoms with van der Waals surface area (Å²) in [5.74, 6) is -0.969. The molecule has 0 spiro atoms. The fraction of sp³-hybridized carbons (Fsp3) is 0.167. The maximum Gasteiger partial charge on any atom is 0.309 e. The summed E-state index contributed by atoms with van der Waals surface area (Å²) in [7, 11) is -1.80. The summed E-state index contributed by atoms with van der Waals surface area (Å²) in [6.45, 7) is 1.72. The van der Waals surface area contributed by atoms with E-state index in [2.05, 4.69) is 0 Å². The van der Waals surface area contributed by atoms with Gasteiger partial charge in [-0.1, -0.05) is 116 Å². The molecule has 4 aromatic rings. The maximum atomic E-state index is 14.7. The molecule has 6 heteroatoms. The Morgan fingerprint density at radius 3 is 1.44 bits per heavy atom. The van der Waals surface area contributed by atoms with Gasteiger partial charge in [-0.15, -0.1) is 12.4 Å². The SMILES string of the molecule is COC(=O)C(C)C(N)CP(=O)(c1ccc(-c2ccccc2)cc1)c1ccc(-c2ccccc2)cc1.Cl. The van der Waals surface area contributed by atoms with Crippen molar-refractivity contribution in [3.8, 4) is 22.3 Å². The predicted molar refractivity (Wildman–Crippen MR) is 152 cm³/mol. The molecule has 2 atom stereocenters. The van der Waals surface area contributed by atoms with Crippen molar-refractivity contribution in [2.24, 2.45) is 11.7 Å². The topological polar surface area (TPSA) is 69.4 Å². The third-order valence-electron chi connectivity index (χ3n) is 6.47. The fourth-order valence-corrected chi connectivity index (χ4v) is 7.12. The molecule has 0 amide bonds. The van der Waals surface area contributed by atoms with Gasteiger partial charge in [-0.25, -0.2) is 0 Å². The Labute approximate surface area is 219 Å². The molecule has 2 N–H and O–H groups in total. The largest absolute Gasteiger partial charge is 0.469 e.